The van der Waals surface area contributed by atoms with Crippen molar-refractivity contribution >= 4 is 11.9 Å². The molecule has 1 aromatic carbocycles. The van der Waals surface area contributed by atoms with Crippen LogP contribution in [0.25, 0.3) is 0 Å². The molecule has 2 rings (SSSR count). The van der Waals surface area contributed by atoms with E-state index in [4.69, 9.17) is 5.11 Å². The lowest BCUT2D eigenvalue weighted by molar-refractivity contribution is -0.274. The maximum absolute atomic E-state index is 12.4. The Hall–Kier alpha value is -2.25. The summed E-state index contributed by atoms with van der Waals surface area (Å²) in [6.45, 7) is 1.47. The van der Waals surface area contributed by atoms with Crippen LogP contribution < -0.4 is 4.74 Å². The van der Waals surface area contributed by atoms with E-state index in [-0.39, 0.29) is 24.1 Å². The second kappa shape index (κ2) is 6.47. The number of carboxylic acid groups (broad SMARTS) is 1. The van der Waals surface area contributed by atoms with Crippen LogP contribution in [0.3, 0.4) is 0 Å². The van der Waals surface area contributed by atoms with Crippen LogP contribution in [0.2, 0.25) is 0 Å². The van der Waals surface area contributed by atoms with E-state index in [0.717, 1.165) is 0 Å². The standard InChI is InChI=1S/C15H16F3NO4/c1-2-19(8-13(20)21)14(22)11-7-10(11)9-5-3-4-6-12(9)23-15(16,17)18/h3-6,10-11H,2,7-8H2,1H3,(H,20,21). The number of hydrogen-bond acceptors (Lipinski definition) is 3. The summed E-state index contributed by atoms with van der Waals surface area (Å²) in [5.74, 6) is -2.70. The molecule has 0 bridgehead atoms. The second-order valence-corrected chi connectivity index (χ2v) is 5.28. The summed E-state index contributed by atoms with van der Waals surface area (Å²) < 4.78 is 41.3. The van der Waals surface area contributed by atoms with E-state index >= 15 is 0 Å². The maximum Gasteiger partial charge on any atom is 0.573 e. The quantitative estimate of drug-likeness (QED) is 0.870. The van der Waals surface area contributed by atoms with Crippen molar-refractivity contribution in [1.82, 2.24) is 4.90 Å². The number of carbonyl (C=O) groups excluding carboxylic acids is 1. The third-order valence-corrected chi connectivity index (χ3v) is 3.67. The number of para-hydroxylation sites is 1. The molecule has 1 fully saturated rings. The maximum atomic E-state index is 12.4. The molecule has 0 radical (unpaired) electrons. The van der Waals surface area contributed by atoms with Crippen molar-refractivity contribution in [2.75, 3.05) is 13.1 Å². The Morgan fingerprint density at radius 2 is 2.00 bits per heavy atom. The lowest BCUT2D eigenvalue weighted by Gasteiger charge is -2.19. The molecule has 1 aromatic rings. The van der Waals surface area contributed by atoms with E-state index < -0.39 is 24.8 Å². The fraction of sp³-hybridized carbons (Fsp3) is 0.467. The van der Waals surface area contributed by atoms with Gasteiger partial charge in [0.15, 0.2) is 0 Å². The van der Waals surface area contributed by atoms with Gasteiger partial charge in [-0.2, -0.15) is 0 Å². The summed E-state index contributed by atoms with van der Waals surface area (Å²) in [7, 11) is 0. The molecule has 8 heteroatoms. The van der Waals surface area contributed by atoms with Gasteiger partial charge in [-0.05, 0) is 30.9 Å². The minimum Gasteiger partial charge on any atom is -0.480 e. The Bertz CT molecular complexity index is 603. The highest BCUT2D eigenvalue weighted by molar-refractivity contribution is 5.86. The van der Waals surface area contributed by atoms with Crippen LogP contribution >= 0.6 is 0 Å². The van der Waals surface area contributed by atoms with Crippen molar-refractivity contribution in [3.63, 3.8) is 0 Å². The van der Waals surface area contributed by atoms with E-state index in [1.165, 1.54) is 23.1 Å². The van der Waals surface area contributed by atoms with Gasteiger partial charge in [-0.3, -0.25) is 9.59 Å². The number of aliphatic carboxylic acids is 1. The van der Waals surface area contributed by atoms with Crippen LogP contribution in [0.5, 0.6) is 5.75 Å². The van der Waals surface area contributed by atoms with Gasteiger partial charge in [0.2, 0.25) is 5.91 Å². The first-order valence-corrected chi connectivity index (χ1v) is 7.08. The predicted octanol–water partition coefficient (Wildman–Crippen LogP) is 2.62. The molecule has 23 heavy (non-hydrogen) atoms. The van der Waals surface area contributed by atoms with Gasteiger partial charge in [0.25, 0.3) is 0 Å². The van der Waals surface area contributed by atoms with Crippen LogP contribution in [0.1, 0.15) is 24.8 Å². The number of rotatable bonds is 6. The van der Waals surface area contributed by atoms with Crippen LogP contribution in [0.15, 0.2) is 24.3 Å². The van der Waals surface area contributed by atoms with Gasteiger partial charge in [-0.15, -0.1) is 13.2 Å². The third kappa shape index (κ3) is 4.37. The summed E-state index contributed by atoms with van der Waals surface area (Å²) in [6.07, 6.45) is -4.42. The molecule has 0 saturated heterocycles. The second-order valence-electron chi connectivity index (χ2n) is 5.28. The van der Waals surface area contributed by atoms with Crippen LogP contribution in [0.4, 0.5) is 13.2 Å². The third-order valence-electron chi connectivity index (χ3n) is 3.67. The number of alkyl halides is 3. The number of halogens is 3. The first kappa shape index (κ1) is 17.1. The zero-order chi connectivity index (χ0) is 17.2. The first-order chi connectivity index (χ1) is 10.7. The van der Waals surface area contributed by atoms with E-state index in [0.29, 0.717) is 12.0 Å². The summed E-state index contributed by atoms with van der Waals surface area (Å²) in [5, 5.41) is 8.78. The molecule has 126 valence electrons. The number of nitrogens with zero attached hydrogens (tertiary/aromatic N) is 1. The monoisotopic (exact) mass is 331 g/mol. The molecule has 1 saturated carbocycles. The van der Waals surface area contributed by atoms with Gasteiger partial charge in [-0.25, -0.2) is 0 Å². The smallest absolute Gasteiger partial charge is 0.480 e. The highest BCUT2D eigenvalue weighted by atomic mass is 19.4. The number of ether oxygens (including phenoxy) is 1. The van der Waals surface area contributed by atoms with Gasteiger partial charge in [0.05, 0.1) is 0 Å². The van der Waals surface area contributed by atoms with E-state index in [1.807, 2.05) is 0 Å². The zero-order valence-electron chi connectivity index (χ0n) is 12.3. The zero-order valence-corrected chi connectivity index (χ0v) is 12.3. The lowest BCUT2D eigenvalue weighted by Crippen LogP contribution is -2.36. The molecule has 2 atom stereocenters. The molecule has 0 aromatic heterocycles. The van der Waals surface area contributed by atoms with Crippen molar-refractivity contribution < 1.29 is 32.6 Å². The number of hydrogen-bond donors (Lipinski definition) is 1. The number of carboxylic acids is 1. The fourth-order valence-electron chi connectivity index (χ4n) is 2.56. The minimum atomic E-state index is -4.80. The van der Waals surface area contributed by atoms with Crippen LogP contribution in [-0.4, -0.2) is 41.3 Å². The summed E-state index contributed by atoms with van der Waals surface area (Å²) in [5.41, 5.74) is 0.314. The lowest BCUT2D eigenvalue weighted by atomic mass is 10.1. The Morgan fingerprint density at radius 1 is 1.35 bits per heavy atom. The molecule has 0 aliphatic heterocycles. The molecule has 0 heterocycles. The molecule has 1 aliphatic rings. The average molecular weight is 331 g/mol. The van der Waals surface area contributed by atoms with Crippen molar-refractivity contribution in [1.29, 1.82) is 0 Å². The van der Waals surface area contributed by atoms with Gasteiger partial charge < -0.3 is 14.7 Å². The molecule has 1 amide bonds. The molecule has 1 aliphatic carbocycles. The predicted molar refractivity (Wildman–Crippen MR) is 73.9 cm³/mol. The Kier molecular flexibility index (Phi) is 4.82. The average Bonchev–Trinajstić information content (AvgIpc) is 3.23. The molecule has 1 N–H and O–H groups in total. The van der Waals surface area contributed by atoms with Crippen molar-refractivity contribution in [2.45, 2.75) is 25.6 Å². The van der Waals surface area contributed by atoms with E-state index in [1.54, 1.807) is 13.0 Å². The molecule has 5 nitrogen and oxygen atoms in total. The summed E-state index contributed by atoms with van der Waals surface area (Å²) >= 11 is 0. The Morgan fingerprint density at radius 3 is 2.57 bits per heavy atom. The minimum absolute atomic E-state index is 0.231. The largest absolute Gasteiger partial charge is 0.573 e. The highest BCUT2D eigenvalue weighted by Gasteiger charge is 2.47. The number of likely N-dealkylation sites (N-methyl/N-ethyl adjacent to an activating group) is 1. The number of amides is 1. The van der Waals surface area contributed by atoms with Crippen LogP contribution in [0, 0.1) is 5.92 Å². The summed E-state index contributed by atoms with van der Waals surface area (Å²) in [6, 6.07) is 5.70. The molecule has 2 unspecified atom stereocenters. The normalized spacial score (nSPS) is 20.0. The SMILES string of the molecule is CCN(CC(=O)O)C(=O)C1CC1c1ccccc1OC(F)(F)F. The van der Waals surface area contributed by atoms with Crippen molar-refractivity contribution in [3.8, 4) is 5.75 Å². The molecular weight excluding hydrogens is 315 g/mol. The van der Waals surface area contributed by atoms with Crippen LogP contribution in [-0.2, 0) is 9.59 Å². The van der Waals surface area contributed by atoms with Crippen molar-refractivity contribution in [2.24, 2.45) is 5.92 Å². The summed E-state index contributed by atoms with van der Waals surface area (Å²) in [4.78, 5) is 24.2. The van der Waals surface area contributed by atoms with Gasteiger partial charge in [0.1, 0.15) is 12.3 Å². The Balaban J connectivity index is 2.11. The van der Waals surface area contributed by atoms with Gasteiger partial charge in [-0.1, -0.05) is 18.2 Å². The molecular formula is C15H16F3NO4. The van der Waals surface area contributed by atoms with Crippen molar-refractivity contribution in [3.05, 3.63) is 29.8 Å². The topological polar surface area (TPSA) is 66.8 Å². The number of benzene rings is 1. The Labute approximate surface area is 130 Å². The fourth-order valence-corrected chi connectivity index (χ4v) is 2.56. The number of carbonyl (C=O) groups is 2. The van der Waals surface area contributed by atoms with E-state index in [9.17, 15) is 22.8 Å². The van der Waals surface area contributed by atoms with E-state index in [2.05, 4.69) is 4.74 Å². The highest BCUT2D eigenvalue weighted by Crippen LogP contribution is 2.51. The first-order valence-electron chi connectivity index (χ1n) is 7.08. The van der Waals surface area contributed by atoms with Gasteiger partial charge in [0, 0.05) is 12.5 Å². The van der Waals surface area contributed by atoms with Gasteiger partial charge >= 0.3 is 12.3 Å². The molecule has 0 spiro atoms.